The van der Waals surface area contributed by atoms with E-state index in [-0.39, 0.29) is 5.75 Å². The van der Waals surface area contributed by atoms with Crippen molar-refractivity contribution in [3.8, 4) is 17.0 Å². The van der Waals surface area contributed by atoms with Crippen molar-refractivity contribution in [2.24, 2.45) is 7.05 Å². The molecule has 8 heteroatoms. The van der Waals surface area contributed by atoms with Gasteiger partial charge in [-0.2, -0.15) is 5.10 Å². The van der Waals surface area contributed by atoms with E-state index in [1.54, 1.807) is 10.9 Å². The van der Waals surface area contributed by atoms with Crippen LogP contribution in [0.25, 0.3) is 33.3 Å². The van der Waals surface area contributed by atoms with Gasteiger partial charge in [0, 0.05) is 55.4 Å². The predicted octanol–water partition coefficient (Wildman–Crippen LogP) is 2.39. The molecule has 29 heavy (non-hydrogen) atoms. The highest BCUT2D eigenvalue weighted by molar-refractivity contribution is 5.91. The number of piperazine rings is 1. The molecule has 1 atom stereocenters. The molecule has 1 aliphatic rings. The summed E-state index contributed by atoms with van der Waals surface area (Å²) >= 11 is 0. The summed E-state index contributed by atoms with van der Waals surface area (Å²) in [5.41, 5.74) is 4.20. The second-order valence-electron chi connectivity index (χ2n) is 7.71. The summed E-state index contributed by atoms with van der Waals surface area (Å²) in [6.45, 7) is 6.80. The van der Waals surface area contributed by atoms with Gasteiger partial charge in [0.2, 0.25) is 0 Å². The normalized spacial score (nSPS) is 17.3. The number of benzene rings is 1. The first-order chi connectivity index (χ1) is 14.0. The van der Waals surface area contributed by atoms with Crippen molar-refractivity contribution in [3.63, 3.8) is 0 Å². The van der Waals surface area contributed by atoms with Crippen molar-refractivity contribution in [1.29, 1.82) is 0 Å². The SMILES string of the molecule is Cc1c(O)c(-c2ccc3nc(N4CCNC(C)C4)cnc3n2)cc2cn(C)nc12. The lowest BCUT2D eigenvalue weighted by atomic mass is 10.0. The van der Waals surface area contributed by atoms with Crippen LogP contribution in [0, 0.1) is 6.92 Å². The van der Waals surface area contributed by atoms with Gasteiger partial charge in [0.1, 0.15) is 17.1 Å². The minimum absolute atomic E-state index is 0.197. The van der Waals surface area contributed by atoms with Crippen LogP contribution in [0.2, 0.25) is 0 Å². The van der Waals surface area contributed by atoms with Crippen LogP contribution >= 0.6 is 0 Å². The Morgan fingerprint density at radius 3 is 2.93 bits per heavy atom. The molecule has 1 saturated heterocycles. The van der Waals surface area contributed by atoms with Gasteiger partial charge in [-0.05, 0) is 32.0 Å². The molecule has 5 rings (SSSR count). The lowest BCUT2D eigenvalue weighted by molar-refractivity contribution is 0.474. The monoisotopic (exact) mass is 389 g/mol. The zero-order valence-corrected chi connectivity index (χ0v) is 16.7. The fourth-order valence-electron chi connectivity index (χ4n) is 3.97. The second kappa shape index (κ2) is 6.66. The molecule has 3 aromatic heterocycles. The topological polar surface area (TPSA) is 92.0 Å². The minimum atomic E-state index is 0.197. The Balaban J connectivity index is 1.56. The molecule has 8 nitrogen and oxygen atoms in total. The Bertz CT molecular complexity index is 1230. The summed E-state index contributed by atoms with van der Waals surface area (Å²) in [6.07, 6.45) is 3.72. The first kappa shape index (κ1) is 17.8. The van der Waals surface area contributed by atoms with Crippen molar-refractivity contribution in [2.75, 3.05) is 24.5 Å². The largest absolute Gasteiger partial charge is 0.507 e. The molecule has 0 amide bonds. The Kier molecular flexibility index (Phi) is 4.09. The van der Waals surface area contributed by atoms with Crippen molar-refractivity contribution < 1.29 is 5.11 Å². The van der Waals surface area contributed by atoms with E-state index >= 15 is 0 Å². The highest BCUT2D eigenvalue weighted by atomic mass is 16.3. The van der Waals surface area contributed by atoms with Crippen LogP contribution in [0.4, 0.5) is 5.82 Å². The number of hydrogen-bond donors (Lipinski definition) is 2. The number of phenols is 1. The molecule has 0 spiro atoms. The maximum atomic E-state index is 10.7. The van der Waals surface area contributed by atoms with Crippen LogP contribution in [-0.2, 0) is 7.05 Å². The Morgan fingerprint density at radius 1 is 1.24 bits per heavy atom. The molecule has 0 bridgehead atoms. The maximum absolute atomic E-state index is 10.7. The molecule has 1 aliphatic heterocycles. The summed E-state index contributed by atoms with van der Waals surface area (Å²) < 4.78 is 1.75. The number of aryl methyl sites for hydroxylation is 2. The fourth-order valence-corrected chi connectivity index (χ4v) is 3.97. The average Bonchev–Trinajstić information content (AvgIpc) is 3.10. The van der Waals surface area contributed by atoms with E-state index < -0.39 is 0 Å². The maximum Gasteiger partial charge on any atom is 0.178 e. The van der Waals surface area contributed by atoms with Gasteiger partial charge in [-0.15, -0.1) is 0 Å². The number of anilines is 1. The standard InChI is InChI=1S/C21H23N7O/c1-12-10-28(7-6-22-12)18-9-23-21-17(24-18)5-4-16(25-21)15-8-14-11-27(3)26-19(14)13(2)20(15)29/h4-5,8-9,11-12,22,29H,6-7,10H2,1-3H3. The quantitative estimate of drug-likeness (QED) is 0.544. The third-order valence-corrected chi connectivity index (χ3v) is 5.48. The van der Waals surface area contributed by atoms with E-state index in [1.165, 1.54) is 0 Å². The molecular weight excluding hydrogens is 366 g/mol. The molecule has 1 fully saturated rings. The summed E-state index contributed by atoms with van der Waals surface area (Å²) in [4.78, 5) is 16.2. The van der Waals surface area contributed by atoms with Crippen LogP contribution in [0.3, 0.4) is 0 Å². The van der Waals surface area contributed by atoms with Gasteiger partial charge in [0.25, 0.3) is 0 Å². The smallest absolute Gasteiger partial charge is 0.178 e. The van der Waals surface area contributed by atoms with Crippen LogP contribution < -0.4 is 10.2 Å². The average molecular weight is 389 g/mol. The number of nitrogens with zero attached hydrogens (tertiary/aromatic N) is 6. The molecule has 4 aromatic rings. The van der Waals surface area contributed by atoms with E-state index in [1.807, 2.05) is 38.4 Å². The first-order valence-corrected chi connectivity index (χ1v) is 9.78. The lowest BCUT2D eigenvalue weighted by Gasteiger charge is -2.32. The van der Waals surface area contributed by atoms with Gasteiger partial charge in [-0.25, -0.2) is 15.0 Å². The van der Waals surface area contributed by atoms with Crippen LogP contribution in [0.1, 0.15) is 12.5 Å². The zero-order valence-electron chi connectivity index (χ0n) is 16.7. The molecule has 1 aromatic carbocycles. The summed E-state index contributed by atoms with van der Waals surface area (Å²) in [5, 5.41) is 19.6. The Morgan fingerprint density at radius 2 is 2.10 bits per heavy atom. The van der Waals surface area contributed by atoms with Crippen molar-refractivity contribution in [2.45, 2.75) is 19.9 Å². The van der Waals surface area contributed by atoms with Crippen LogP contribution in [0.15, 0.2) is 30.6 Å². The number of aromatic hydroxyl groups is 1. The number of phenolic OH excluding ortho intramolecular Hbond substituents is 1. The third kappa shape index (κ3) is 3.05. The number of fused-ring (bicyclic) bond motifs is 2. The molecule has 0 radical (unpaired) electrons. The van der Waals surface area contributed by atoms with E-state index in [2.05, 4.69) is 32.2 Å². The van der Waals surface area contributed by atoms with Crippen LogP contribution in [-0.4, -0.2) is 55.5 Å². The van der Waals surface area contributed by atoms with E-state index in [9.17, 15) is 5.11 Å². The Hall–Kier alpha value is -3.26. The summed E-state index contributed by atoms with van der Waals surface area (Å²) in [6, 6.07) is 6.15. The van der Waals surface area contributed by atoms with Gasteiger partial charge < -0.3 is 15.3 Å². The summed E-state index contributed by atoms with van der Waals surface area (Å²) in [5.74, 6) is 1.07. The molecule has 2 N–H and O–H groups in total. The van der Waals surface area contributed by atoms with Gasteiger partial charge >= 0.3 is 0 Å². The van der Waals surface area contributed by atoms with E-state index in [0.717, 1.165) is 47.4 Å². The van der Waals surface area contributed by atoms with E-state index in [4.69, 9.17) is 4.98 Å². The minimum Gasteiger partial charge on any atom is -0.507 e. The van der Waals surface area contributed by atoms with Crippen molar-refractivity contribution >= 4 is 27.9 Å². The fraction of sp³-hybridized carbons (Fsp3) is 0.333. The number of rotatable bonds is 2. The molecule has 148 valence electrons. The Labute approximate surface area is 168 Å². The molecule has 1 unspecified atom stereocenters. The summed E-state index contributed by atoms with van der Waals surface area (Å²) in [7, 11) is 1.87. The number of aromatic nitrogens is 5. The highest BCUT2D eigenvalue weighted by Crippen LogP contribution is 2.36. The first-order valence-electron chi connectivity index (χ1n) is 9.78. The van der Waals surface area contributed by atoms with Crippen LogP contribution in [0.5, 0.6) is 5.75 Å². The highest BCUT2D eigenvalue weighted by Gasteiger charge is 2.19. The van der Waals surface area contributed by atoms with Gasteiger partial charge in [0.15, 0.2) is 5.65 Å². The number of hydrogen-bond acceptors (Lipinski definition) is 7. The van der Waals surface area contributed by atoms with Gasteiger partial charge in [0.05, 0.1) is 17.4 Å². The molecule has 0 aliphatic carbocycles. The zero-order chi connectivity index (χ0) is 20.1. The second-order valence-corrected chi connectivity index (χ2v) is 7.71. The molecular formula is C21H23N7O. The predicted molar refractivity (Wildman–Crippen MR) is 113 cm³/mol. The number of nitrogens with one attached hydrogen (secondary N) is 1. The van der Waals surface area contributed by atoms with Gasteiger partial charge in [-0.3, -0.25) is 4.68 Å². The molecule has 0 saturated carbocycles. The third-order valence-electron chi connectivity index (χ3n) is 5.48. The van der Waals surface area contributed by atoms with E-state index in [0.29, 0.717) is 22.9 Å². The van der Waals surface area contributed by atoms with Crippen molar-refractivity contribution in [3.05, 3.63) is 36.2 Å². The molecule has 4 heterocycles. The van der Waals surface area contributed by atoms with Gasteiger partial charge in [-0.1, -0.05) is 0 Å². The lowest BCUT2D eigenvalue weighted by Crippen LogP contribution is -2.49. The van der Waals surface area contributed by atoms with Crippen molar-refractivity contribution in [1.82, 2.24) is 30.0 Å². The number of pyridine rings is 1.